The zero-order chi connectivity index (χ0) is 26.8. The predicted octanol–water partition coefficient (Wildman–Crippen LogP) is 5.88. The Hall–Kier alpha value is -4.78. The normalized spacial score (nSPS) is 13.5. The molecular formula is C32H30N4O3. The molecule has 0 aliphatic carbocycles. The number of hydrogen-bond acceptors (Lipinski definition) is 5. The van der Waals surface area contributed by atoms with Crippen molar-refractivity contribution in [2.45, 2.75) is 0 Å². The average molecular weight is 519 g/mol. The fraction of sp³-hybridized carbons (Fsp3) is 0.188. The van der Waals surface area contributed by atoms with E-state index in [2.05, 4.69) is 46.3 Å². The zero-order valence-corrected chi connectivity index (χ0v) is 22.1. The van der Waals surface area contributed by atoms with Crippen molar-refractivity contribution in [1.29, 1.82) is 0 Å². The highest BCUT2D eigenvalue weighted by Gasteiger charge is 2.22. The maximum atomic E-state index is 12.8. The number of methoxy groups -OCH3 is 2. The molecule has 7 heteroatoms. The van der Waals surface area contributed by atoms with Crippen molar-refractivity contribution < 1.29 is 14.3 Å². The topological polar surface area (TPSA) is 70.7 Å². The molecule has 0 spiro atoms. The van der Waals surface area contributed by atoms with Crippen LogP contribution >= 0.6 is 0 Å². The number of pyridine rings is 1. The van der Waals surface area contributed by atoms with E-state index in [1.807, 2.05) is 59.6 Å². The van der Waals surface area contributed by atoms with Crippen LogP contribution in [0, 0.1) is 0 Å². The van der Waals surface area contributed by atoms with Crippen LogP contribution in [0.4, 0.5) is 5.69 Å². The summed E-state index contributed by atoms with van der Waals surface area (Å²) in [5.74, 6) is 1.50. The van der Waals surface area contributed by atoms with Crippen LogP contribution in [-0.2, 0) is 0 Å². The van der Waals surface area contributed by atoms with Gasteiger partial charge in [-0.25, -0.2) is 0 Å². The number of carbonyl (C=O) groups is 1. The third kappa shape index (κ3) is 4.91. The first kappa shape index (κ1) is 24.6. The van der Waals surface area contributed by atoms with Crippen molar-refractivity contribution in [3.8, 4) is 34.0 Å². The minimum atomic E-state index is 0.102. The summed E-state index contributed by atoms with van der Waals surface area (Å²) in [5, 5.41) is 1.04. The summed E-state index contributed by atoms with van der Waals surface area (Å²) in [5.41, 5.74) is 6.90. The zero-order valence-electron chi connectivity index (χ0n) is 22.1. The van der Waals surface area contributed by atoms with E-state index in [4.69, 9.17) is 14.5 Å². The maximum Gasteiger partial charge on any atom is 0.253 e. The SMILES string of the molecule is COc1ccc(-c2cc3cnc(-c4ccc(N5CCN(C(=O)c6ccccc6)CC5)cc4)cc3[nH]2)cc1OC. The van der Waals surface area contributed by atoms with Gasteiger partial charge in [0.1, 0.15) is 0 Å². The standard InChI is InChI=1S/C32H30N4O3/c1-38-30-13-10-24(19-31(30)39-2)28-18-25-21-33-27(20-29(25)34-28)22-8-11-26(12-9-22)35-14-16-36(17-15-35)32(37)23-6-4-3-5-7-23/h3-13,18-21,34H,14-17H2,1-2H3. The van der Waals surface area contributed by atoms with Crippen LogP contribution in [0.3, 0.4) is 0 Å². The molecule has 0 bridgehead atoms. The van der Waals surface area contributed by atoms with Crippen LogP contribution in [0.1, 0.15) is 10.4 Å². The Balaban J connectivity index is 1.15. The first-order valence-corrected chi connectivity index (χ1v) is 13.0. The lowest BCUT2D eigenvalue weighted by Gasteiger charge is -2.36. The number of hydrogen-bond donors (Lipinski definition) is 1. The van der Waals surface area contributed by atoms with Gasteiger partial charge in [0.05, 0.1) is 19.9 Å². The Kier molecular flexibility index (Phi) is 6.63. The molecule has 3 heterocycles. The smallest absolute Gasteiger partial charge is 0.253 e. The molecule has 3 aromatic carbocycles. The Morgan fingerprint density at radius 3 is 2.23 bits per heavy atom. The number of amides is 1. The van der Waals surface area contributed by atoms with E-state index < -0.39 is 0 Å². The van der Waals surface area contributed by atoms with Gasteiger partial charge in [-0.1, -0.05) is 30.3 Å². The van der Waals surface area contributed by atoms with E-state index in [1.54, 1.807) is 14.2 Å². The van der Waals surface area contributed by atoms with E-state index >= 15 is 0 Å². The molecule has 1 fully saturated rings. The Bertz CT molecular complexity index is 1600. The van der Waals surface area contributed by atoms with Crippen molar-refractivity contribution in [2.75, 3.05) is 45.3 Å². The quantitative estimate of drug-likeness (QED) is 0.304. The number of carbonyl (C=O) groups excluding carboxylic acids is 1. The predicted molar refractivity (Wildman–Crippen MR) is 155 cm³/mol. The highest BCUT2D eigenvalue weighted by atomic mass is 16.5. The molecule has 1 amide bonds. The van der Waals surface area contributed by atoms with Gasteiger partial charge in [0.15, 0.2) is 11.5 Å². The van der Waals surface area contributed by atoms with Crippen LogP contribution in [0.25, 0.3) is 33.4 Å². The van der Waals surface area contributed by atoms with Crippen molar-refractivity contribution in [1.82, 2.24) is 14.9 Å². The van der Waals surface area contributed by atoms with Crippen LogP contribution in [0.5, 0.6) is 11.5 Å². The fourth-order valence-corrected chi connectivity index (χ4v) is 5.12. The minimum Gasteiger partial charge on any atom is -0.493 e. The number of aromatic amines is 1. The highest BCUT2D eigenvalue weighted by Crippen LogP contribution is 2.34. The van der Waals surface area contributed by atoms with Gasteiger partial charge in [0.2, 0.25) is 0 Å². The molecule has 1 aliphatic heterocycles. The average Bonchev–Trinajstić information content (AvgIpc) is 3.44. The maximum absolute atomic E-state index is 12.8. The van der Waals surface area contributed by atoms with Gasteiger partial charge in [-0.05, 0) is 54.6 Å². The molecule has 0 unspecified atom stereocenters. The monoisotopic (exact) mass is 518 g/mol. The van der Waals surface area contributed by atoms with E-state index in [1.165, 1.54) is 0 Å². The fourth-order valence-electron chi connectivity index (χ4n) is 5.12. The van der Waals surface area contributed by atoms with E-state index in [-0.39, 0.29) is 5.91 Å². The molecule has 0 saturated carbocycles. The summed E-state index contributed by atoms with van der Waals surface area (Å²) in [6.45, 7) is 3.04. The first-order chi connectivity index (χ1) is 19.1. The molecule has 196 valence electrons. The summed E-state index contributed by atoms with van der Waals surface area (Å²) < 4.78 is 10.8. The first-order valence-electron chi connectivity index (χ1n) is 13.0. The third-order valence-corrected chi connectivity index (χ3v) is 7.31. The Morgan fingerprint density at radius 1 is 0.795 bits per heavy atom. The van der Waals surface area contributed by atoms with Crippen LogP contribution in [-0.4, -0.2) is 61.2 Å². The van der Waals surface area contributed by atoms with Crippen molar-refractivity contribution in [2.24, 2.45) is 0 Å². The molecule has 1 saturated heterocycles. The molecule has 7 nitrogen and oxygen atoms in total. The number of anilines is 1. The number of nitrogens with one attached hydrogen (secondary N) is 1. The Morgan fingerprint density at radius 2 is 1.51 bits per heavy atom. The van der Waals surface area contributed by atoms with Crippen LogP contribution in [0.15, 0.2) is 91.1 Å². The number of benzene rings is 3. The largest absolute Gasteiger partial charge is 0.493 e. The lowest BCUT2D eigenvalue weighted by Crippen LogP contribution is -2.48. The summed E-state index contributed by atoms with van der Waals surface area (Å²) in [7, 11) is 3.27. The van der Waals surface area contributed by atoms with Crippen molar-refractivity contribution in [3.63, 3.8) is 0 Å². The van der Waals surface area contributed by atoms with Crippen molar-refractivity contribution in [3.05, 3.63) is 96.7 Å². The summed E-state index contributed by atoms with van der Waals surface area (Å²) in [6.07, 6.45) is 1.91. The van der Waals surface area contributed by atoms with Gasteiger partial charge in [-0.15, -0.1) is 0 Å². The number of piperazine rings is 1. The second-order valence-corrected chi connectivity index (χ2v) is 9.60. The minimum absolute atomic E-state index is 0.102. The number of fused-ring (bicyclic) bond motifs is 1. The molecule has 6 rings (SSSR count). The van der Waals surface area contributed by atoms with Gasteiger partial charge in [0.25, 0.3) is 5.91 Å². The number of nitrogens with zero attached hydrogens (tertiary/aromatic N) is 3. The summed E-state index contributed by atoms with van der Waals surface area (Å²) >= 11 is 0. The molecule has 1 aliphatic rings. The summed E-state index contributed by atoms with van der Waals surface area (Å²) in [4.78, 5) is 25.3. The second kappa shape index (κ2) is 10.5. The molecule has 0 radical (unpaired) electrons. The molecule has 39 heavy (non-hydrogen) atoms. The number of aromatic nitrogens is 2. The third-order valence-electron chi connectivity index (χ3n) is 7.31. The Labute approximate surface area is 227 Å². The highest BCUT2D eigenvalue weighted by molar-refractivity contribution is 5.94. The summed E-state index contributed by atoms with van der Waals surface area (Å²) in [6, 6.07) is 28.1. The van der Waals surface area contributed by atoms with E-state index in [9.17, 15) is 4.79 Å². The van der Waals surface area contributed by atoms with Gasteiger partial charge in [-0.3, -0.25) is 9.78 Å². The van der Waals surface area contributed by atoms with Crippen LogP contribution in [0.2, 0.25) is 0 Å². The van der Waals surface area contributed by atoms with Gasteiger partial charge in [-0.2, -0.15) is 0 Å². The van der Waals surface area contributed by atoms with Gasteiger partial charge < -0.3 is 24.3 Å². The molecule has 5 aromatic rings. The lowest BCUT2D eigenvalue weighted by molar-refractivity contribution is 0.0747. The number of H-pyrrole nitrogens is 1. The molecular weight excluding hydrogens is 488 g/mol. The molecule has 0 atom stereocenters. The number of rotatable bonds is 6. The lowest BCUT2D eigenvalue weighted by atomic mass is 10.1. The van der Waals surface area contributed by atoms with Gasteiger partial charge >= 0.3 is 0 Å². The van der Waals surface area contributed by atoms with Crippen molar-refractivity contribution >= 4 is 22.5 Å². The van der Waals surface area contributed by atoms with E-state index in [0.717, 1.165) is 57.8 Å². The molecule has 1 N–H and O–H groups in total. The number of ether oxygens (including phenoxy) is 2. The van der Waals surface area contributed by atoms with E-state index in [0.29, 0.717) is 24.6 Å². The molecule has 2 aromatic heterocycles. The van der Waals surface area contributed by atoms with Crippen LogP contribution < -0.4 is 14.4 Å². The van der Waals surface area contributed by atoms with Gasteiger partial charge in [0, 0.05) is 71.4 Å². The second-order valence-electron chi connectivity index (χ2n) is 9.60.